The van der Waals surface area contributed by atoms with E-state index >= 15 is 0 Å². The fourth-order valence-electron chi connectivity index (χ4n) is 3.56. The first-order chi connectivity index (χ1) is 13.4. The molecule has 4 rings (SSSR count). The van der Waals surface area contributed by atoms with Crippen molar-refractivity contribution in [1.29, 1.82) is 0 Å². The summed E-state index contributed by atoms with van der Waals surface area (Å²) in [7, 11) is -3.63. The maximum Gasteiger partial charge on any atom is 0.245 e. The molecule has 1 aromatic heterocycles. The average Bonchev–Trinajstić information content (AvgIpc) is 3.33. The molecule has 1 aliphatic heterocycles. The summed E-state index contributed by atoms with van der Waals surface area (Å²) in [5.41, 5.74) is 3.98. The number of hydrogen-bond donors (Lipinski definition) is 0. The van der Waals surface area contributed by atoms with E-state index in [0.29, 0.717) is 29.6 Å². The van der Waals surface area contributed by atoms with Gasteiger partial charge in [-0.2, -0.15) is 9.29 Å². The minimum Gasteiger partial charge on any atom is -0.337 e. The van der Waals surface area contributed by atoms with Gasteiger partial charge in [0.25, 0.3) is 0 Å². The first-order valence-corrected chi connectivity index (χ1v) is 10.8. The fourth-order valence-corrected chi connectivity index (χ4v) is 5.29. The second-order valence-electron chi connectivity index (χ2n) is 7.35. The van der Waals surface area contributed by atoms with Crippen LogP contribution in [0.3, 0.4) is 0 Å². The molecule has 0 bridgehead atoms. The van der Waals surface area contributed by atoms with Crippen LogP contribution in [0.1, 0.15) is 41.5 Å². The Morgan fingerprint density at radius 1 is 1.07 bits per heavy atom. The Morgan fingerprint density at radius 2 is 1.89 bits per heavy atom. The SMILES string of the molecule is Cc1cccc(-c2noc([C@@H]3CCCN3S(=O)(=O)c3ccc(C)c(C)c3)n2)c1. The van der Waals surface area contributed by atoms with Gasteiger partial charge in [-0.05, 0) is 62.9 Å². The van der Waals surface area contributed by atoms with Crippen LogP contribution in [0, 0.1) is 20.8 Å². The number of nitrogens with zero attached hydrogens (tertiary/aromatic N) is 3. The van der Waals surface area contributed by atoms with E-state index in [1.807, 2.05) is 51.1 Å². The lowest BCUT2D eigenvalue weighted by atomic mass is 10.1. The molecule has 28 heavy (non-hydrogen) atoms. The van der Waals surface area contributed by atoms with Gasteiger partial charge >= 0.3 is 0 Å². The predicted octanol–water partition coefficient (Wildman–Crippen LogP) is 4.19. The Kier molecular flexibility index (Phi) is 4.81. The Morgan fingerprint density at radius 3 is 2.64 bits per heavy atom. The second kappa shape index (κ2) is 7.14. The fraction of sp³-hybridized carbons (Fsp3) is 0.333. The topological polar surface area (TPSA) is 76.3 Å². The number of benzene rings is 2. The van der Waals surface area contributed by atoms with E-state index in [9.17, 15) is 8.42 Å². The summed E-state index contributed by atoms with van der Waals surface area (Å²) in [6.07, 6.45) is 1.43. The van der Waals surface area contributed by atoms with Crippen molar-refractivity contribution in [3.63, 3.8) is 0 Å². The summed E-state index contributed by atoms with van der Waals surface area (Å²) in [5.74, 6) is 0.829. The van der Waals surface area contributed by atoms with Gasteiger partial charge in [0, 0.05) is 12.1 Å². The standard InChI is InChI=1S/C21H23N3O3S/c1-14-6-4-7-17(12-14)20-22-21(27-23-20)19-8-5-11-24(19)28(25,26)18-10-9-15(2)16(3)13-18/h4,6-7,9-10,12-13,19H,5,8,11H2,1-3H3/t19-/m0/s1. The summed E-state index contributed by atoms with van der Waals surface area (Å²) in [6, 6.07) is 12.6. The molecule has 146 valence electrons. The van der Waals surface area contributed by atoms with E-state index in [2.05, 4.69) is 10.1 Å². The highest BCUT2D eigenvalue weighted by Crippen LogP contribution is 2.36. The van der Waals surface area contributed by atoms with Crippen molar-refractivity contribution < 1.29 is 12.9 Å². The quantitative estimate of drug-likeness (QED) is 0.660. The third-order valence-electron chi connectivity index (χ3n) is 5.29. The molecular weight excluding hydrogens is 374 g/mol. The van der Waals surface area contributed by atoms with Crippen molar-refractivity contribution in [3.05, 3.63) is 65.0 Å². The van der Waals surface area contributed by atoms with Crippen molar-refractivity contribution in [2.24, 2.45) is 0 Å². The lowest BCUT2D eigenvalue weighted by Gasteiger charge is -2.21. The Balaban J connectivity index is 1.66. The van der Waals surface area contributed by atoms with Gasteiger partial charge in [0.05, 0.1) is 4.90 Å². The summed E-state index contributed by atoms with van der Waals surface area (Å²) >= 11 is 0. The van der Waals surface area contributed by atoms with Crippen LogP contribution in [0.4, 0.5) is 0 Å². The minimum atomic E-state index is -3.63. The Bertz CT molecular complexity index is 1120. The molecule has 0 radical (unpaired) electrons. The molecule has 7 heteroatoms. The van der Waals surface area contributed by atoms with Gasteiger partial charge in [-0.3, -0.25) is 0 Å². The van der Waals surface area contributed by atoms with Crippen LogP contribution < -0.4 is 0 Å². The maximum atomic E-state index is 13.2. The van der Waals surface area contributed by atoms with Crippen LogP contribution in [0.15, 0.2) is 51.9 Å². The van der Waals surface area contributed by atoms with E-state index in [0.717, 1.165) is 28.7 Å². The van der Waals surface area contributed by atoms with Gasteiger partial charge in [-0.1, -0.05) is 35.0 Å². The monoisotopic (exact) mass is 397 g/mol. The third kappa shape index (κ3) is 3.36. The molecule has 2 aromatic carbocycles. The zero-order valence-electron chi connectivity index (χ0n) is 16.2. The number of aryl methyl sites for hydroxylation is 3. The molecule has 1 atom stereocenters. The van der Waals surface area contributed by atoms with Crippen molar-refractivity contribution in [2.45, 2.75) is 44.6 Å². The van der Waals surface area contributed by atoms with Gasteiger partial charge in [-0.15, -0.1) is 0 Å². The maximum absolute atomic E-state index is 13.2. The van der Waals surface area contributed by atoms with Crippen LogP contribution in [0.25, 0.3) is 11.4 Å². The zero-order chi connectivity index (χ0) is 19.9. The molecule has 2 heterocycles. The van der Waals surface area contributed by atoms with Crippen LogP contribution in [-0.2, 0) is 10.0 Å². The van der Waals surface area contributed by atoms with Crippen molar-refractivity contribution in [2.75, 3.05) is 6.54 Å². The molecule has 0 unspecified atom stereocenters. The largest absolute Gasteiger partial charge is 0.337 e. The average molecular weight is 398 g/mol. The van der Waals surface area contributed by atoms with E-state index < -0.39 is 16.1 Å². The van der Waals surface area contributed by atoms with Crippen LogP contribution in [0.5, 0.6) is 0 Å². The van der Waals surface area contributed by atoms with E-state index in [-0.39, 0.29) is 0 Å². The summed E-state index contributed by atoms with van der Waals surface area (Å²) in [5, 5.41) is 4.08. The van der Waals surface area contributed by atoms with E-state index in [1.165, 1.54) is 4.31 Å². The van der Waals surface area contributed by atoms with Crippen LogP contribution in [0.2, 0.25) is 0 Å². The predicted molar refractivity (Wildman–Crippen MR) is 106 cm³/mol. The van der Waals surface area contributed by atoms with Gasteiger partial charge in [0.15, 0.2) is 0 Å². The molecule has 1 fully saturated rings. The van der Waals surface area contributed by atoms with Gasteiger partial charge in [0.2, 0.25) is 21.7 Å². The normalized spacial score (nSPS) is 17.9. The lowest BCUT2D eigenvalue weighted by molar-refractivity contribution is 0.290. The Labute approximate surface area is 165 Å². The minimum absolute atomic E-state index is 0.306. The van der Waals surface area contributed by atoms with Crippen molar-refractivity contribution >= 4 is 10.0 Å². The highest BCUT2D eigenvalue weighted by Gasteiger charge is 2.39. The van der Waals surface area contributed by atoms with Crippen LogP contribution >= 0.6 is 0 Å². The first kappa shape index (κ1) is 18.8. The van der Waals surface area contributed by atoms with Crippen molar-refractivity contribution in [3.8, 4) is 11.4 Å². The molecule has 0 spiro atoms. The molecule has 1 saturated heterocycles. The first-order valence-electron chi connectivity index (χ1n) is 9.36. The molecule has 0 amide bonds. The molecular formula is C21H23N3O3S. The van der Waals surface area contributed by atoms with Crippen LogP contribution in [-0.4, -0.2) is 29.4 Å². The third-order valence-corrected chi connectivity index (χ3v) is 7.20. The molecule has 0 N–H and O–H groups in total. The molecule has 0 aliphatic carbocycles. The van der Waals surface area contributed by atoms with Gasteiger partial charge < -0.3 is 4.52 Å². The van der Waals surface area contributed by atoms with Gasteiger partial charge in [0.1, 0.15) is 6.04 Å². The van der Waals surface area contributed by atoms with Gasteiger partial charge in [-0.25, -0.2) is 8.42 Å². The number of rotatable bonds is 4. The molecule has 1 aliphatic rings. The molecule has 0 saturated carbocycles. The van der Waals surface area contributed by atoms with Crippen molar-refractivity contribution in [1.82, 2.24) is 14.4 Å². The molecule has 6 nitrogen and oxygen atoms in total. The summed E-state index contributed by atoms with van der Waals surface area (Å²) < 4.78 is 33.4. The summed E-state index contributed by atoms with van der Waals surface area (Å²) in [4.78, 5) is 4.82. The van der Waals surface area contributed by atoms with E-state index in [1.54, 1.807) is 12.1 Å². The highest BCUT2D eigenvalue weighted by atomic mass is 32.2. The lowest BCUT2D eigenvalue weighted by Crippen LogP contribution is -2.31. The number of aromatic nitrogens is 2. The Hall–Kier alpha value is -2.51. The summed E-state index contributed by atoms with van der Waals surface area (Å²) in [6.45, 7) is 6.33. The zero-order valence-corrected chi connectivity index (χ0v) is 17.0. The highest BCUT2D eigenvalue weighted by molar-refractivity contribution is 7.89. The number of hydrogen-bond acceptors (Lipinski definition) is 5. The smallest absolute Gasteiger partial charge is 0.245 e. The molecule has 3 aromatic rings. The second-order valence-corrected chi connectivity index (χ2v) is 9.24. The van der Waals surface area contributed by atoms with E-state index in [4.69, 9.17) is 4.52 Å². The number of sulfonamides is 1.